The van der Waals surface area contributed by atoms with Crippen LogP contribution in [0, 0.1) is 11.3 Å². The van der Waals surface area contributed by atoms with Crippen molar-refractivity contribution in [2.24, 2.45) is 11.3 Å². The zero-order chi connectivity index (χ0) is 23.1. The zero-order valence-corrected chi connectivity index (χ0v) is 18.9. The molecule has 0 saturated carbocycles. The summed E-state index contributed by atoms with van der Waals surface area (Å²) in [4.78, 5) is 51.3. The summed E-state index contributed by atoms with van der Waals surface area (Å²) in [5.41, 5.74) is 0.313. The first-order valence-corrected chi connectivity index (χ1v) is 10.7. The number of esters is 2. The molecule has 31 heavy (non-hydrogen) atoms. The Morgan fingerprint density at radius 1 is 1.32 bits per heavy atom. The van der Waals surface area contributed by atoms with E-state index in [1.54, 1.807) is 32.2 Å². The van der Waals surface area contributed by atoms with Crippen molar-refractivity contribution in [1.82, 2.24) is 10.2 Å². The van der Waals surface area contributed by atoms with E-state index in [0.29, 0.717) is 22.4 Å². The smallest absolute Gasteiger partial charge is 0.358 e. The van der Waals surface area contributed by atoms with Crippen LogP contribution in [0.15, 0.2) is 17.1 Å². The molecule has 1 saturated heterocycles. The lowest BCUT2D eigenvalue weighted by Crippen LogP contribution is -2.61. The number of amides is 2. The lowest BCUT2D eigenvalue weighted by atomic mass is 9.83. The highest BCUT2D eigenvalue weighted by Gasteiger charge is 2.57. The summed E-state index contributed by atoms with van der Waals surface area (Å²) in [6, 6.07) is 1.28. The third kappa shape index (κ3) is 4.22. The molecule has 2 N–H and O–H groups in total. The standard InChI is InChI=1S/C21H26N2O7S/c1-10(24)15-13-7-12(14-6-11(8-31-14)17(25)22-5)16(23(13)18(15)26)19(27)29-9-30-20(28)21(2,3)4/h6,8,10,13,15,24H,7,9H2,1-5H3,(H,22,25). The van der Waals surface area contributed by atoms with Gasteiger partial charge in [-0.05, 0) is 40.2 Å². The average Bonchev–Trinajstić information content (AvgIpc) is 3.28. The Labute approximate surface area is 184 Å². The summed E-state index contributed by atoms with van der Waals surface area (Å²) in [6.07, 6.45) is -0.510. The second-order valence-electron chi connectivity index (χ2n) is 8.58. The first-order chi connectivity index (χ1) is 14.5. The number of aliphatic hydroxyl groups is 1. The molecule has 2 amide bonds. The number of nitrogens with one attached hydrogen (secondary N) is 1. The minimum Gasteiger partial charge on any atom is -0.427 e. The van der Waals surface area contributed by atoms with Crippen molar-refractivity contribution in [2.45, 2.75) is 46.3 Å². The summed E-state index contributed by atoms with van der Waals surface area (Å²) in [6.45, 7) is 5.99. The van der Waals surface area contributed by atoms with Gasteiger partial charge >= 0.3 is 11.9 Å². The molecule has 1 fully saturated rings. The van der Waals surface area contributed by atoms with Gasteiger partial charge in [0.1, 0.15) is 5.70 Å². The lowest BCUT2D eigenvalue weighted by molar-refractivity contribution is -0.175. The van der Waals surface area contributed by atoms with Crippen LogP contribution in [-0.4, -0.2) is 59.7 Å². The molecule has 3 rings (SSSR count). The summed E-state index contributed by atoms with van der Waals surface area (Å²) >= 11 is 1.27. The highest BCUT2D eigenvalue weighted by Crippen LogP contribution is 2.48. The third-order valence-corrected chi connectivity index (χ3v) is 6.29. The topological polar surface area (TPSA) is 122 Å². The number of ether oxygens (including phenoxy) is 2. The largest absolute Gasteiger partial charge is 0.427 e. The molecule has 0 aromatic carbocycles. The molecule has 2 aliphatic heterocycles. The fourth-order valence-corrected chi connectivity index (χ4v) is 4.60. The van der Waals surface area contributed by atoms with Gasteiger partial charge in [0.25, 0.3) is 5.91 Å². The monoisotopic (exact) mass is 450 g/mol. The zero-order valence-electron chi connectivity index (χ0n) is 18.1. The number of carbonyl (C=O) groups is 4. The van der Waals surface area contributed by atoms with E-state index in [2.05, 4.69) is 5.32 Å². The number of fused-ring (bicyclic) bond motifs is 1. The van der Waals surface area contributed by atoms with Crippen LogP contribution in [0.25, 0.3) is 5.57 Å². The van der Waals surface area contributed by atoms with E-state index in [1.165, 1.54) is 30.2 Å². The second kappa shape index (κ2) is 8.43. The van der Waals surface area contributed by atoms with Crippen LogP contribution in [0.2, 0.25) is 0 Å². The van der Waals surface area contributed by atoms with E-state index in [4.69, 9.17) is 9.47 Å². The predicted molar refractivity (Wildman–Crippen MR) is 112 cm³/mol. The number of aliphatic hydroxyl groups excluding tert-OH is 1. The van der Waals surface area contributed by atoms with Gasteiger partial charge in [-0.25, -0.2) is 4.79 Å². The molecule has 3 heterocycles. The molecular formula is C21H26N2O7S. The van der Waals surface area contributed by atoms with Crippen molar-refractivity contribution >= 4 is 40.7 Å². The van der Waals surface area contributed by atoms with Crippen LogP contribution >= 0.6 is 11.3 Å². The van der Waals surface area contributed by atoms with Gasteiger partial charge in [0.15, 0.2) is 0 Å². The van der Waals surface area contributed by atoms with E-state index in [0.717, 1.165) is 0 Å². The van der Waals surface area contributed by atoms with E-state index < -0.39 is 36.2 Å². The summed E-state index contributed by atoms with van der Waals surface area (Å²) in [7, 11) is 1.52. The molecule has 10 heteroatoms. The molecule has 9 nitrogen and oxygen atoms in total. The normalized spacial score (nSPS) is 21.4. The van der Waals surface area contributed by atoms with Crippen molar-refractivity contribution < 1.29 is 33.8 Å². The molecule has 3 unspecified atom stereocenters. The molecule has 168 valence electrons. The maximum absolute atomic E-state index is 12.9. The fourth-order valence-electron chi connectivity index (χ4n) is 3.66. The Morgan fingerprint density at radius 3 is 2.58 bits per heavy atom. The molecule has 1 aromatic rings. The molecule has 0 aliphatic carbocycles. The van der Waals surface area contributed by atoms with E-state index in [9.17, 15) is 24.3 Å². The van der Waals surface area contributed by atoms with Gasteiger partial charge in [-0.15, -0.1) is 11.3 Å². The number of hydrogen-bond acceptors (Lipinski definition) is 8. The molecule has 0 radical (unpaired) electrons. The van der Waals surface area contributed by atoms with Crippen LogP contribution in [0.5, 0.6) is 0 Å². The Morgan fingerprint density at radius 2 is 2.00 bits per heavy atom. The van der Waals surface area contributed by atoms with Crippen LogP contribution < -0.4 is 5.32 Å². The number of hydrogen-bond donors (Lipinski definition) is 2. The van der Waals surface area contributed by atoms with Crippen molar-refractivity contribution in [3.8, 4) is 0 Å². The highest BCUT2D eigenvalue weighted by molar-refractivity contribution is 7.11. The molecule has 0 spiro atoms. The number of nitrogens with zero attached hydrogens (tertiary/aromatic N) is 1. The third-order valence-electron chi connectivity index (χ3n) is 5.30. The number of β-lactam (4-membered cyclic amide) rings is 1. The van der Waals surface area contributed by atoms with Gasteiger partial charge in [0, 0.05) is 22.9 Å². The first-order valence-electron chi connectivity index (χ1n) is 9.87. The van der Waals surface area contributed by atoms with E-state index >= 15 is 0 Å². The van der Waals surface area contributed by atoms with Crippen molar-refractivity contribution in [3.63, 3.8) is 0 Å². The maximum atomic E-state index is 12.9. The van der Waals surface area contributed by atoms with Crippen LogP contribution in [-0.2, 0) is 23.9 Å². The molecule has 0 bridgehead atoms. The summed E-state index contributed by atoms with van der Waals surface area (Å²) < 4.78 is 10.1. The first kappa shape index (κ1) is 23.0. The van der Waals surface area contributed by atoms with Gasteiger partial charge in [-0.2, -0.15) is 0 Å². The molecule has 3 atom stereocenters. The van der Waals surface area contributed by atoms with Crippen molar-refractivity contribution in [2.75, 3.05) is 13.8 Å². The van der Waals surface area contributed by atoms with Gasteiger partial charge in [0.05, 0.1) is 29.0 Å². The maximum Gasteiger partial charge on any atom is 0.358 e. The summed E-state index contributed by atoms with van der Waals surface area (Å²) in [5.74, 6) is -2.57. The molecular weight excluding hydrogens is 424 g/mol. The van der Waals surface area contributed by atoms with Crippen LogP contribution in [0.4, 0.5) is 0 Å². The number of rotatable bonds is 6. The van der Waals surface area contributed by atoms with Crippen molar-refractivity contribution in [3.05, 3.63) is 27.6 Å². The highest BCUT2D eigenvalue weighted by atomic mass is 32.1. The van der Waals surface area contributed by atoms with Gasteiger partial charge in [-0.1, -0.05) is 0 Å². The average molecular weight is 451 g/mol. The Balaban J connectivity index is 1.86. The van der Waals surface area contributed by atoms with Crippen LogP contribution in [0.3, 0.4) is 0 Å². The Hall–Kier alpha value is -2.72. The van der Waals surface area contributed by atoms with Gasteiger partial charge in [0.2, 0.25) is 12.7 Å². The minimum atomic E-state index is -0.858. The summed E-state index contributed by atoms with van der Waals surface area (Å²) in [5, 5.41) is 14.2. The van der Waals surface area contributed by atoms with Crippen molar-refractivity contribution in [1.29, 1.82) is 0 Å². The minimum absolute atomic E-state index is 0.0593. The Bertz CT molecular complexity index is 957. The quantitative estimate of drug-likeness (QED) is 0.383. The number of thiophene rings is 1. The van der Waals surface area contributed by atoms with Gasteiger partial charge < -0.3 is 24.8 Å². The van der Waals surface area contributed by atoms with Crippen LogP contribution in [0.1, 0.15) is 49.4 Å². The fraction of sp³-hybridized carbons (Fsp3) is 0.524. The SMILES string of the molecule is CNC(=O)c1csc(C2=C(C(=O)OCOC(=O)C(C)(C)C)N3C(=O)C(C(C)O)C3C2)c1. The Kier molecular flexibility index (Phi) is 6.24. The number of carbonyl (C=O) groups excluding carboxylic acids is 4. The second-order valence-corrected chi connectivity index (χ2v) is 9.49. The lowest BCUT2D eigenvalue weighted by Gasteiger charge is -2.44. The molecule has 2 aliphatic rings. The predicted octanol–water partition coefficient (Wildman–Crippen LogP) is 1.52. The van der Waals surface area contributed by atoms with Gasteiger partial charge in [-0.3, -0.25) is 14.4 Å². The van der Waals surface area contributed by atoms with E-state index in [1.807, 2.05) is 0 Å². The van der Waals surface area contributed by atoms with E-state index in [-0.39, 0.29) is 23.6 Å². The molecule has 1 aromatic heterocycles.